The van der Waals surface area contributed by atoms with Gasteiger partial charge in [0.25, 0.3) is 0 Å². The highest BCUT2D eigenvalue weighted by molar-refractivity contribution is 7.88. The van der Waals surface area contributed by atoms with Crippen molar-refractivity contribution in [3.8, 4) is 11.3 Å². The van der Waals surface area contributed by atoms with Crippen molar-refractivity contribution >= 4 is 32.8 Å². The van der Waals surface area contributed by atoms with Gasteiger partial charge in [0.15, 0.2) is 0 Å². The number of urea groups is 1. The average molecular weight is 433 g/mol. The van der Waals surface area contributed by atoms with Gasteiger partial charge in [-0.25, -0.2) is 22.6 Å². The minimum absolute atomic E-state index is 0.116. The number of H-pyrrole nitrogens is 1. The number of nitrogens with one attached hydrogen (secondary N) is 3. The number of amides is 2. The topological polar surface area (TPSA) is 133 Å². The minimum atomic E-state index is -3.52. The molecule has 0 aromatic carbocycles. The fourth-order valence-electron chi connectivity index (χ4n) is 3.35. The quantitative estimate of drug-likeness (QED) is 0.570. The first-order valence-electron chi connectivity index (χ1n) is 9.14. The lowest BCUT2D eigenvalue weighted by Crippen LogP contribution is -2.43. The third-order valence-electron chi connectivity index (χ3n) is 4.86. The lowest BCUT2D eigenvalue weighted by Gasteiger charge is -2.15. The van der Waals surface area contributed by atoms with Crippen LogP contribution in [-0.4, -0.2) is 70.5 Å². The van der Waals surface area contributed by atoms with E-state index in [2.05, 4.69) is 30.8 Å². The first kappa shape index (κ1) is 20.2. The number of hydrogen-bond donors (Lipinski definition) is 3. The number of alkyl halides is 1. The molecule has 0 aliphatic carbocycles. The largest absolute Gasteiger partial charge is 0.331 e. The van der Waals surface area contributed by atoms with Crippen LogP contribution in [0.25, 0.3) is 22.2 Å². The standard InChI is InChI=1S/C18H20FN7O3S/c1-10-5-11(3-4-20-10)17-12-7-21-16(6-14(12)24-25-17)23-18(27)22-15-9-26(8-13(15)19)30(2,28)29/h3-7,13,15H,8-9H2,1-2H3,(H,24,25)(H2,21,22,23,27)/t13-,15+/m0/s1. The van der Waals surface area contributed by atoms with Crippen LogP contribution in [0.2, 0.25) is 0 Å². The number of aromatic nitrogens is 4. The molecule has 158 valence electrons. The van der Waals surface area contributed by atoms with Crippen LogP contribution in [-0.2, 0) is 10.0 Å². The average Bonchev–Trinajstić information content (AvgIpc) is 3.25. The van der Waals surface area contributed by atoms with E-state index < -0.39 is 28.3 Å². The Bertz CT molecular complexity index is 1210. The van der Waals surface area contributed by atoms with Gasteiger partial charge in [-0.15, -0.1) is 0 Å². The summed E-state index contributed by atoms with van der Waals surface area (Å²) < 4.78 is 38.2. The second kappa shape index (κ2) is 7.61. The Morgan fingerprint density at radius 3 is 2.80 bits per heavy atom. The molecule has 2 amide bonds. The first-order chi connectivity index (χ1) is 14.2. The molecule has 10 nitrogen and oxygen atoms in total. The second-order valence-electron chi connectivity index (χ2n) is 7.17. The van der Waals surface area contributed by atoms with Gasteiger partial charge in [0.1, 0.15) is 17.7 Å². The normalized spacial score (nSPS) is 19.8. The number of halogens is 1. The molecule has 1 saturated heterocycles. The van der Waals surface area contributed by atoms with Gasteiger partial charge in [-0.2, -0.15) is 9.40 Å². The Labute approximate surface area is 172 Å². The van der Waals surface area contributed by atoms with Crippen LogP contribution in [0.5, 0.6) is 0 Å². The van der Waals surface area contributed by atoms with Gasteiger partial charge in [0.05, 0.1) is 17.8 Å². The molecule has 3 N–H and O–H groups in total. The Hall–Kier alpha value is -3.12. The summed E-state index contributed by atoms with van der Waals surface area (Å²) in [5, 5.41) is 13.0. The summed E-state index contributed by atoms with van der Waals surface area (Å²) in [4.78, 5) is 20.6. The van der Waals surface area contributed by atoms with E-state index in [1.165, 1.54) is 0 Å². The SMILES string of the molecule is Cc1cc(-c2n[nH]c3cc(NC(=O)N[C@@H]4CN(S(C)(=O)=O)C[C@@H]4F)ncc23)ccn1. The molecule has 1 fully saturated rings. The maximum absolute atomic E-state index is 14.1. The molecule has 0 radical (unpaired) electrons. The van der Waals surface area contributed by atoms with E-state index in [4.69, 9.17) is 0 Å². The number of hydrogen-bond acceptors (Lipinski definition) is 6. The number of aryl methyl sites for hydroxylation is 1. The molecule has 4 rings (SSSR count). The molecule has 30 heavy (non-hydrogen) atoms. The van der Waals surface area contributed by atoms with Crippen molar-refractivity contribution in [2.75, 3.05) is 24.7 Å². The third kappa shape index (κ3) is 4.09. The van der Waals surface area contributed by atoms with Crippen molar-refractivity contribution in [3.05, 3.63) is 36.3 Å². The Morgan fingerprint density at radius 2 is 2.10 bits per heavy atom. The Balaban J connectivity index is 1.46. The van der Waals surface area contributed by atoms with Crippen molar-refractivity contribution in [2.24, 2.45) is 0 Å². The van der Waals surface area contributed by atoms with E-state index in [9.17, 15) is 17.6 Å². The van der Waals surface area contributed by atoms with Gasteiger partial charge in [0, 0.05) is 48.2 Å². The minimum Gasteiger partial charge on any atom is -0.331 e. The number of aromatic amines is 1. The fourth-order valence-corrected chi connectivity index (χ4v) is 4.20. The molecule has 1 aliphatic heterocycles. The van der Waals surface area contributed by atoms with Crippen LogP contribution < -0.4 is 10.6 Å². The predicted molar refractivity (Wildman–Crippen MR) is 109 cm³/mol. The van der Waals surface area contributed by atoms with Crippen molar-refractivity contribution < 1.29 is 17.6 Å². The zero-order chi connectivity index (χ0) is 21.5. The monoisotopic (exact) mass is 433 g/mol. The van der Waals surface area contributed by atoms with Crippen LogP contribution in [0.15, 0.2) is 30.6 Å². The summed E-state index contributed by atoms with van der Waals surface area (Å²) in [5.74, 6) is 0.245. The van der Waals surface area contributed by atoms with Crippen LogP contribution in [0, 0.1) is 6.92 Å². The van der Waals surface area contributed by atoms with Crippen molar-refractivity contribution in [2.45, 2.75) is 19.1 Å². The number of carbonyl (C=O) groups excluding carboxylic acids is 1. The van der Waals surface area contributed by atoms with Gasteiger partial charge in [-0.05, 0) is 19.1 Å². The maximum Gasteiger partial charge on any atom is 0.320 e. The zero-order valence-corrected chi connectivity index (χ0v) is 17.1. The van der Waals surface area contributed by atoms with Crippen LogP contribution in [0.3, 0.4) is 0 Å². The van der Waals surface area contributed by atoms with Gasteiger partial charge in [0.2, 0.25) is 10.0 Å². The van der Waals surface area contributed by atoms with Gasteiger partial charge < -0.3 is 5.32 Å². The highest BCUT2D eigenvalue weighted by Gasteiger charge is 2.38. The van der Waals surface area contributed by atoms with Crippen LogP contribution in [0.4, 0.5) is 15.0 Å². The summed E-state index contributed by atoms with van der Waals surface area (Å²) in [5.41, 5.74) is 3.13. The molecule has 3 aromatic rings. The Morgan fingerprint density at radius 1 is 1.30 bits per heavy atom. The van der Waals surface area contributed by atoms with E-state index in [0.717, 1.165) is 27.2 Å². The van der Waals surface area contributed by atoms with Crippen LogP contribution in [0.1, 0.15) is 5.69 Å². The second-order valence-corrected chi connectivity index (χ2v) is 9.16. The van der Waals surface area contributed by atoms with Gasteiger partial charge in [-0.3, -0.25) is 15.4 Å². The highest BCUT2D eigenvalue weighted by atomic mass is 32.2. The molecule has 0 saturated carbocycles. The lowest BCUT2D eigenvalue weighted by molar-refractivity contribution is 0.239. The Kier molecular flexibility index (Phi) is 5.12. The number of fused-ring (bicyclic) bond motifs is 1. The molecular weight excluding hydrogens is 413 g/mol. The summed E-state index contributed by atoms with van der Waals surface area (Å²) in [7, 11) is -3.52. The number of pyridine rings is 2. The highest BCUT2D eigenvalue weighted by Crippen LogP contribution is 2.27. The number of sulfonamides is 1. The van der Waals surface area contributed by atoms with Crippen molar-refractivity contribution in [1.29, 1.82) is 0 Å². The first-order valence-corrected chi connectivity index (χ1v) is 11.0. The molecule has 1 aliphatic rings. The van der Waals surface area contributed by atoms with E-state index in [0.29, 0.717) is 11.2 Å². The molecule has 0 unspecified atom stereocenters. The fraction of sp³-hybridized carbons (Fsp3) is 0.333. The predicted octanol–water partition coefficient (Wildman–Crippen LogP) is 1.43. The van der Waals surface area contributed by atoms with E-state index in [1.807, 2.05) is 19.1 Å². The number of anilines is 1. The van der Waals surface area contributed by atoms with Gasteiger partial charge in [-0.1, -0.05) is 0 Å². The van der Waals surface area contributed by atoms with Gasteiger partial charge >= 0.3 is 6.03 Å². The maximum atomic E-state index is 14.1. The lowest BCUT2D eigenvalue weighted by atomic mass is 10.1. The van der Waals surface area contributed by atoms with Crippen molar-refractivity contribution in [3.63, 3.8) is 0 Å². The van der Waals surface area contributed by atoms with Crippen molar-refractivity contribution in [1.82, 2.24) is 29.8 Å². The summed E-state index contributed by atoms with van der Waals surface area (Å²) >= 11 is 0. The number of carbonyl (C=O) groups is 1. The molecular formula is C18H20FN7O3S. The molecule has 2 atom stereocenters. The molecule has 0 spiro atoms. The summed E-state index contributed by atoms with van der Waals surface area (Å²) in [6, 6.07) is 3.76. The van der Waals surface area contributed by atoms with E-state index in [-0.39, 0.29) is 18.9 Å². The van der Waals surface area contributed by atoms with E-state index in [1.54, 1.807) is 18.5 Å². The number of nitrogens with zero attached hydrogens (tertiary/aromatic N) is 4. The third-order valence-corrected chi connectivity index (χ3v) is 6.10. The molecule has 4 heterocycles. The number of rotatable bonds is 4. The molecule has 12 heteroatoms. The van der Waals surface area contributed by atoms with Crippen LogP contribution >= 0.6 is 0 Å². The smallest absolute Gasteiger partial charge is 0.320 e. The summed E-state index contributed by atoms with van der Waals surface area (Å²) in [6.07, 6.45) is 2.80. The zero-order valence-electron chi connectivity index (χ0n) is 16.3. The van der Waals surface area contributed by atoms with E-state index >= 15 is 0 Å². The summed E-state index contributed by atoms with van der Waals surface area (Å²) in [6.45, 7) is 1.49. The molecule has 0 bridgehead atoms. The molecule has 3 aromatic heterocycles.